The van der Waals surface area contributed by atoms with Crippen molar-refractivity contribution in [1.29, 1.82) is 0 Å². The monoisotopic (exact) mass is 263 g/mol. The van der Waals surface area contributed by atoms with Gasteiger partial charge in [0, 0.05) is 32.1 Å². The maximum Gasteiger partial charge on any atom is 0.170 e. The molecule has 0 N–H and O–H groups in total. The van der Waals surface area contributed by atoms with Gasteiger partial charge in [0.1, 0.15) is 0 Å². The standard InChI is InChI=1S/C13H14ClN3O/c1-3-12-10(8-17(2)16-12)13(18)6-9-4-5-15-7-11(9)14/h4-5,7-8H,3,6H2,1-2H3. The third-order valence-electron chi connectivity index (χ3n) is 2.75. The van der Waals surface area contributed by atoms with Crippen LogP contribution in [0, 0.1) is 0 Å². The van der Waals surface area contributed by atoms with Gasteiger partial charge in [-0.1, -0.05) is 18.5 Å². The molecule has 0 aliphatic heterocycles. The van der Waals surface area contributed by atoms with E-state index in [4.69, 9.17) is 11.6 Å². The lowest BCUT2D eigenvalue weighted by atomic mass is 10.0. The fraction of sp³-hybridized carbons (Fsp3) is 0.308. The van der Waals surface area contributed by atoms with Crippen LogP contribution in [0.3, 0.4) is 0 Å². The Labute approximate surface area is 111 Å². The summed E-state index contributed by atoms with van der Waals surface area (Å²) in [5.41, 5.74) is 2.29. The molecule has 2 heterocycles. The van der Waals surface area contributed by atoms with Crippen molar-refractivity contribution in [2.45, 2.75) is 19.8 Å². The summed E-state index contributed by atoms with van der Waals surface area (Å²) in [4.78, 5) is 16.1. The molecule has 18 heavy (non-hydrogen) atoms. The molecule has 2 aromatic heterocycles. The molecule has 0 amide bonds. The van der Waals surface area contributed by atoms with Crippen LogP contribution in [-0.4, -0.2) is 20.5 Å². The van der Waals surface area contributed by atoms with Gasteiger partial charge < -0.3 is 0 Å². The van der Waals surface area contributed by atoms with E-state index in [1.807, 2.05) is 14.0 Å². The van der Waals surface area contributed by atoms with E-state index in [1.54, 1.807) is 29.3 Å². The third-order valence-corrected chi connectivity index (χ3v) is 3.09. The lowest BCUT2D eigenvalue weighted by Gasteiger charge is -2.02. The third kappa shape index (κ3) is 2.59. The Kier molecular flexibility index (Phi) is 3.77. The molecule has 5 heteroatoms. The lowest BCUT2D eigenvalue weighted by molar-refractivity contribution is 0.0992. The number of pyridine rings is 1. The molecule has 2 aromatic rings. The van der Waals surface area contributed by atoms with Crippen LogP contribution in [0.4, 0.5) is 0 Å². The van der Waals surface area contributed by atoms with E-state index in [2.05, 4.69) is 10.1 Å². The molecule has 0 aliphatic rings. The molecule has 0 aliphatic carbocycles. The van der Waals surface area contributed by atoms with E-state index >= 15 is 0 Å². The van der Waals surface area contributed by atoms with E-state index in [1.165, 1.54) is 0 Å². The Morgan fingerprint density at radius 2 is 2.28 bits per heavy atom. The molecule has 0 atom stereocenters. The van der Waals surface area contributed by atoms with Gasteiger partial charge in [0.2, 0.25) is 0 Å². The van der Waals surface area contributed by atoms with Gasteiger partial charge >= 0.3 is 0 Å². The molecule has 4 nitrogen and oxygen atoms in total. The number of aromatic nitrogens is 3. The Morgan fingerprint density at radius 1 is 1.50 bits per heavy atom. The molecule has 0 saturated carbocycles. The van der Waals surface area contributed by atoms with Crippen molar-refractivity contribution in [2.24, 2.45) is 7.05 Å². The van der Waals surface area contributed by atoms with E-state index < -0.39 is 0 Å². The summed E-state index contributed by atoms with van der Waals surface area (Å²) in [5, 5.41) is 4.79. The molecule has 94 valence electrons. The minimum atomic E-state index is 0.0352. The normalized spacial score (nSPS) is 10.6. The summed E-state index contributed by atoms with van der Waals surface area (Å²) in [7, 11) is 1.81. The largest absolute Gasteiger partial charge is 0.294 e. The van der Waals surface area contributed by atoms with Crippen molar-refractivity contribution < 1.29 is 4.79 Å². The van der Waals surface area contributed by atoms with Crippen LogP contribution in [0.1, 0.15) is 28.5 Å². The van der Waals surface area contributed by atoms with Gasteiger partial charge in [-0.25, -0.2) is 0 Å². The Morgan fingerprint density at radius 3 is 2.94 bits per heavy atom. The summed E-state index contributed by atoms with van der Waals surface area (Å²) in [5.74, 6) is 0.0352. The highest BCUT2D eigenvalue weighted by Crippen LogP contribution is 2.17. The lowest BCUT2D eigenvalue weighted by Crippen LogP contribution is -2.06. The van der Waals surface area contributed by atoms with Crippen LogP contribution < -0.4 is 0 Å². The van der Waals surface area contributed by atoms with Crippen molar-refractivity contribution in [3.8, 4) is 0 Å². The SMILES string of the molecule is CCc1nn(C)cc1C(=O)Cc1ccncc1Cl. The van der Waals surface area contributed by atoms with Crippen LogP contribution in [0.2, 0.25) is 5.02 Å². The predicted octanol–water partition coefficient (Wildman–Crippen LogP) is 2.46. The highest BCUT2D eigenvalue weighted by atomic mass is 35.5. The number of carbonyl (C=O) groups excluding carboxylic acids is 1. The zero-order valence-corrected chi connectivity index (χ0v) is 11.1. The summed E-state index contributed by atoms with van der Waals surface area (Å²) < 4.78 is 1.67. The molecule has 0 spiro atoms. The van der Waals surface area contributed by atoms with E-state index in [0.717, 1.165) is 17.7 Å². The van der Waals surface area contributed by atoms with Gasteiger partial charge in [-0.3, -0.25) is 14.5 Å². The van der Waals surface area contributed by atoms with Gasteiger partial charge in [0.15, 0.2) is 5.78 Å². The van der Waals surface area contributed by atoms with Crippen molar-refractivity contribution >= 4 is 17.4 Å². The van der Waals surface area contributed by atoms with Gasteiger partial charge in [0.05, 0.1) is 16.3 Å². The van der Waals surface area contributed by atoms with Crippen LogP contribution >= 0.6 is 11.6 Å². The molecule has 0 fully saturated rings. The highest BCUT2D eigenvalue weighted by molar-refractivity contribution is 6.31. The highest BCUT2D eigenvalue weighted by Gasteiger charge is 2.15. The number of hydrogen-bond acceptors (Lipinski definition) is 3. The first-order valence-corrected chi connectivity index (χ1v) is 6.13. The predicted molar refractivity (Wildman–Crippen MR) is 69.9 cm³/mol. The number of halogens is 1. The second kappa shape index (κ2) is 5.31. The fourth-order valence-corrected chi connectivity index (χ4v) is 2.03. The zero-order valence-electron chi connectivity index (χ0n) is 10.4. The average molecular weight is 264 g/mol. The summed E-state index contributed by atoms with van der Waals surface area (Å²) in [6, 6.07) is 1.77. The Bertz CT molecular complexity index is 577. The Hall–Kier alpha value is -1.68. The number of ketones is 1. The van der Waals surface area contributed by atoms with Gasteiger partial charge in [-0.05, 0) is 18.1 Å². The van der Waals surface area contributed by atoms with Crippen LogP contribution in [0.15, 0.2) is 24.7 Å². The number of carbonyl (C=O) groups is 1. The van der Waals surface area contributed by atoms with Crippen molar-refractivity contribution in [2.75, 3.05) is 0 Å². The summed E-state index contributed by atoms with van der Waals surface area (Å²) in [6.45, 7) is 1.98. The maximum absolute atomic E-state index is 12.2. The van der Waals surface area contributed by atoms with Crippen molar-refractivity contribution in [3.05, 3.63) is 46.5 Å². The van der Waals surface area contributed by atoms with Gasteiger partial charge in [-0.2, -0.15) is 5.10 Å². The molecule has 0 saturated heterocycles. The van der Waals surface area contributed by atoms with Crippen LogP contribution in [-0.2, 0) is 19.9 Å². The van der Waals surface area contributed by atoms with Crippen LogP contribution in [0.25, 0.3) is 0 Å². The molecule has 0 bridgehead atoms. The molecule has 0 aromatic carbocycles. The number of Topliss-reactive ketones (excluding diaryl/α,β-unsaturated/α-hetero) is 1. The zero-order chi connectivity index (χ0) is 13.1. The number of aryl methyl sites for hydroxylation is 2. The summed E-state index contributed by atoms with van der Waals surface area (Å²) in [6.07, 6.45) is 5.97. The van der Waals surface area contributed by atoms with Crippen molar-refractivity contribution in [1.82, 2.24) is 14.8 Å². The summed E-state index contributed by atoms with van der Waals surface area (Å²) >= 11 is 6.00. The number of rotatable bonds is 4. The average Bonchev–Trinajstić information content (AvgIpc) is 2.73. The first-order chi connectivity index (χ1) is 8.61. The second-order valence-corrected chi connectivity index (χ2v) is 4.49. The fourth-order valence-electron chi connectivity index (χ4n) is 1.84. The minimum Gasteiger partial charge on any atom is -0.294 e. The first kappa shape index (κ1) is 12.8. The quantitative estimate of drug-likeness (QED) is 0.796. The van der Waals surface area contributed by atoms with Crippen molar-refractivity contribution in [3.63, 3.8) is 0 Å². The Balaban J connectivity index is 2.25. The van der Waals surface area contributed by atoms with Gasteiger partial charge in [-0.15, -0.1) is 0 Å². The second-order valence-electron chi connectivity index (χ2n) is 4.08. The molecule has 0 radical (unpaired) electrons. The molecular formula is C13H14ClN3O. The number of nitrogens with zero attached hydrogens (tertiary/aromatic N) is 3. The minimum absolute atomic E-state index is 0.0352. The van der Waals surface area contributed by atoms with Crippen LogP contribution in [0.5, 0.6) is 0 Å². The van der Waals surface area contributed by atoms with E-state index in [9.17, 15) is 4.79 Å². The molecular weight excluding hydrogens is 250 g/mol. The van der Waals surface area contributed by atoms with E-state index in [0.29, 0.717) is 10.6 Å². The number of hydrogen-bond donors (Lipinski definition) is 0. The smallest absolute Gasteiger partial charge is 0.170 e. The van der Waals surface area contributed by atoms with E-state index in [-0.39, 0.29) is 12.2 Å². The molecule has 2 rings (SSSR count). The maximum atomic E-state index is 12.2. The first-order valence-electron chi connectivity index (χ1n) is 5.76. The van der Waals surface area contributed by atoms with Gasteiger partial charge in [0.25, 0.3) is 0 Å². The topological polar surface area (TPSA) is 47.8 Å². The molecule has 0 unspecified atom stereocenters.